The Labute approximate surface area is 106 Å². The average Bonchev–Trinajstić information content (AvgIpc) is 2.39. The molecule has 0 radical (unpaired) electrons. The maximum Gasteiger partial charge on any atom is 0.196 e. The van der Waals surface area contributed by atoms with Gasteiger partial charge in [0.2, 0.25) is 0 Å². The van der Waals surface area contributed by atoms with Crippen molar-refractivity contribution in [1.29, 1.82) is 0 Å². The number of ketones is 1. The second-order valence-electron chi connectivity index (χ2n) is 4.15. The molecule has 3 nitrogen and oxygen atoms in total. The van der Waals surface area contributed by atoms with E-state index in [9.17, 15) is 4.79 Å². The SMILES string of the molecule is COc1ccc(N)cc1C(=O)c1ccc(C)cc1. The first-order chi connectivity index (χ1) is 8.61. The highest BCUT2D eigenvalue weighted by Crippen LogP contribution is 2.24. The first kappa shape index (κ1) is 12.2. The zero-order valence-electron chi connectivity index (χ0n) is 10.4. The lowest BCUT2D eigenvalue weighted by molar-refractivity contribution is 0.103. The highest BCUT2D eigenvalue weighted by atomic mass is 16.5. The minimum atomic E-state index is -0.0841. The Kier molecular flexibility index (Phi) is 3.33. The summed E-state index contributed by atoms with van der Waals surface area (Å²) >= 11 is 0. The first-order valence-electron chi connectivity index (χ1n) is 5.66. The van der Waals surface area contributed by atoms with Crippen molar-refractivity contribution in [3.8, 4) is 5.75 Å². The molecule has 2 rings (SSSR count). The number of aryl methyl sites for hydroxylation is 1. The third kappa shape index (κ3) is 2.35. The van der Waals surface area contributed by atoms with Gasteiger partial charge in [0.15, 0.2) is 5.78 Å². The van der Waals surface area contributed by atoms with Gasteiger partial charge in [-0.1, -0.05) is 29.8 Å². The van der Waals surface area contributed by atoms with Gasteiger partial charge in [-0.05, 0) is 25.1 Å². The number of benzene rings is 2. The van der Waals surface area contributed by atoms with E-state index in [1.165, 1.54) is 7.11 Å². The molecule has 2 N–H and O–H groups in total. The van der Waals surface area contributed by atoms with Crippen molar-refractivity contribution in [2.24, 2.45) is 0 Å². The van der Waals surface area contributed by atoms with Gasteiger partial charge >= 0.3 is 0 Å². The highest BCUT2D eigenvalue weighted by Gasteiger charge is 2.14. The lowest BCUT2D eigenvalue weighted by Gasteiger charge is -2.08. The van der Waals surface area contributed by atoms with Gasteiger partial charge < -0.3 is 10.5 Å². The van der Waals surface area contributed by atoms with Gasteiger partial charge in [-0.25, -0.2) is 0 Å². The summed E-state index contributed by atoms with van der Waals surface area (Å²) in [6.45, 7) is 1.98. The van der Waals surface area contributed by atoms with E-state index in [0.29, 0.717) is 22.6 Å². The van der Waals surface area contributed by atoms with Gasteiger partial charge in [0.05, 0.1) is 12.7 Å². The largest absolute Gasteiger partial charge is 0.496 e. The molecule has 0 heterocycles. The molecule has 0 atom stereocenters. The van der Waals surface area contributed by atoms with Crippen LogP contribution in [0, 0.1) is 6.92 Å². The standard InChI is InChI=1S/C15H15NO2/c1-10-3-5-11(6-4-10)15(17)13-9-12(16)7-8-14(13)18-2/h3-9H,16H2,1-2H3. The lowest BCUT2D eigenvalue weighted by atomic mass is 10.0. The molecule has 0 spiro atoms. The molecule has 18 heavy (non-hydrogen) atoms. The van der Waals surface area contributed by atoms with Gasteiger partial charge in [-0.2, -0.15) is 0 Å². The topological polar surface area (TPSA) is 52.3 Å². The number of carbonyl (C=O) groups is 1. The predicted octanol–water partition coefficient (Wildman–Crippen LogP) is 2.82. The Morgan fingerprint density at radius 2 is 1.78 bits per heavy atom. The molecule has 0 aliphatic carbocycles. The van der Waals surface area contributed by atoms with Crippen molar-refractivity contribution < 1.29 is 9.53 Å². The molecule has 0 saturated carbocycles. The quantitative estimate of drug-likeness (QED) is 0.664. The molecule has 2 aromatic rings. The molecule has 0 saturated heterocycles. The van der Waals surface area contributed by atoms with E-state index in [1.54, 1.807) is 30.3 Å². The fraction of sp³-hybridized carbons (Fsp3) is 0.133. The Bertz CT molecular complexity index is 574. The van der Waals surface area contributed by atoms with Crippen molar-refractivity contribution in [2.75, 3.05) is 12.8 Å². The van der Waals surface area contributed by atoms with Crippen LogP contribution in [-0.2, 0) is 0 Å². The summed E-state index contributed by atoms with van der Waals surface area (Å²) in [4.78, 5) is 12.4. The van der Waals surface area contributed by atoms with E-state index in [-0.39, 0.29) is 5.78 Å². The second-order valence-corrected chi connectivity index (χ2v) is 4.15. The van der Waals surface area contributed by atoms with E-state index in [4.69, 9.17) is 10.5 Å². The van der Waals surface area contributed by atoms with Crippen LogP contribution in [0.4, 0.5) is 5.69 Å². The Morgan fingerprint density at radius 3 is 2.39 bits per heavy atom. The number of methoxy groups -OCH3 is 1. The fourth-order valence-electron chi connectivity index (χ4n) is 1.76. The number of carbonyl (C=O) groups excluding carboxylic acids is 1. The zero-order valence-corrected chi connectivity index (χ0v) is 10.4. The van der Waals surface area contributed by atoms with Crippen molar-refractivity contribution in [2.45, 2.75) is 6.92 Å². The summed E-state index contributed by atoms with van der Waals surface area (Å²) in [5.74, 6) is 0.453. The van der Waals surface area contributed by atoms with Gasteiger partial charge in [-0.15, -0.1) is 0 Å². The van der Waals surface area contributed by atoms with Crippen molar-refractivity contribution in [1.82, 2.24) is 0 Å². The molecular formula is C15H15NO2. The summed E-state index contributed by atoms with van der Waals surface area (Å²) in [5.41, 5.74) is 8.50. The van der Waals surface area contributed by atoms with Gasteiger partial charge in [0, 0.05) is 11.3 Å². The number of nitrogen functional groups attached to an aromatic ring is 1. The van der Waals surface area contributed by atoms with Gasteiger partial charge in [0.25, 0.3) is 0 Å². The maximum absolute atomic E-state index is 12.4. The average molecular weight is 241 g/mol. The van der Waals surface area contributed by atoms with Gasteiger partial charge in [-0.3, -0.25) is 4.79 Å². The Balaban J connectivity index is 2.45. The molecule has 0 bridgehead atoms. The van der Waals surface area contributed by atoms with E-state index < -0.39 is 0 Å². The number of anilines is 1. The zero-order chi connectivity index (χ0) is 13.1. The molecular weight excluding hydrogens is 226 g/mol. The molecule has 0 aliphatic heterocycles. The summed E-state index contributed by atoms with van der Waals surface area (Å²) in [5, 5.41) is 0. The Morgan fingerprint density at radius 1 is 1.11 bits per heavy atom. The molecule has 0 amide bonds. The number of hydrogen-bond donors (Lipinski definition) is 1. The first-order valence-corrected chi connectivity index (χ1v) is 5.66. The monoisotopic (exact) mass is 241 g/mol. The van der Waals surface area contributed by atoms with Crippen LogP contribution in [0.1, 0.15) is 21.5 Å². The third-order valence-electron chi connectivity index (χ3n) is 2.78. The number of nitrogens with two attached hydrogens (primary N) is 1. The molecule has 92 valence electrons. The van der Waals surface area contributed by atoms with Crippen LogP contribution in [0.3, 0.4) is 0 Å². The van der Waals surface area contributed by atoms with E-state index >= 15 is 0 Å². The summed E-state index contributed by atoms with van der Waals surface area (Å²) in [6, 6.07) is 12.5. The van der Waals surface area contributed by atoms with E-state index in [0.717, 1.165) is 5.56 Å². The van der Waals surface area contributed by atoms with E-state index in [2.05, 4.69) is 0 Å². The number of ether oxygens (including phenoxy) is 1. The molecule has 0 fully saturated rings. The molecule has 0 unspecified atom stereocenters. The van der Waals surface area contributed by atoms with Crippen LogP contribution in [0.15, 0.2) is 42.5 Å². The minimum absolute atomic E-state index is 0.0841. The third-order valence-corrected chi connectivity index (χ3v) is 2.78. The van der Waals surface area contributed by atoms with Crippen molar-refractivity contribution in [3.05, 3.63) is 59.2 Å². The normalized spacial score (nSPS) is 10.1. The van der Waals surface area contributed by atoms with E-state index in [1.807, 2.05) is 19.1 Å². The maximum atomic E-state index is 12.4. The lowest BCUT2D eigenvalue weighted by Crippen LogP contribution is -2.05. The number of rotatable bonds is 3. The summed E-state index contributed by atoms with van der Waals surface area (Å²) in [7, 11) is 1.54. The van der Waals surface area contributed by atoms with Crippen LogP contribution < -0.4 is 10.5 Å². The van der Waals surface area contributed by atoms with Crippen LogP contribution in [0.25, 0.3) is 0 Å². The molecule has 0 aliphatic rings. The highest BCUT2D eigenvalue weighted by molar-refractivity contribution is 6.11. The fourth-order valence-corrected chi connectivity index (χ4v) is 1.76. The molecule has 3 heteroatoms. The predicted molar refractivity (Wildman–Crippen MR) is 72.0 cm³/mol. The van der Waals surface area contributed by atoms with Crippen molar-refractivity contribution >= 4 is 11.5 Å². The smallest absolute Gasteiger partial charge is 0.196 e. The van der Waals surface area contributed by atoms with Crippen molar-refractivity contribution in [3.63, 3.8) is 0 Å². The molecule has 0 aromatic heterocycles. The van der Waals surface area contributed by atoms with Crippen LogP contribution in [0.5, 0.6) is 5.75 Å². The summed E-state index contributed by atoms with van der Waals surface area (Å²) < 4.78 is 5.19. The molecule has 2 aromatic carbocycles. The summed E-state index contributed by atoms with van der Waals surface area (Å²) in [6.07, 6.45) is 0. The van der Waals surface area contributed by atoms with Crippen LogP contribution in [0.2, 0.25) is 0 Å². The van der Waals surface area contributed by atoms with Gasteiger partial charge in [0.1, 0.15) is 5.75 Å². The second kappa shape index (κ2) is 4.92. The minimum Gasteiger partial charge on any atom is -0.496 e. The van der Waals surface area contributed by atoms with Crippen LogP contribution >= 0.6 is 0 Å². The van der Waals surface area contributed by atoms with Crippen LogP contribution in [-0.4, -0.2) is 12.9 Å². The Hall–Kier alpha value is -2.29. The number of hydrogen-bond acceptors (Lipinski definition) is 3.